The summed E-state index contributed by atoms with van der Waals surface area (Å²) in [5, 5.41) is 72.3. The third-order valence-corrected chi connectivity index (χ3v) is 13.4. The average Bonchev–Trinajstić information content (AvgIpc) is 1.62. The Kier molecular flexibility index (Phi) is 35.5. The molecule has 1 aromatic rings. The molecule has 10 amide bonds. The van der Waals surface area contributed by atoms with Crippen molar-refractivity contribution in [3.63, 3.8) is 0 Å². The summed E-state index contributed by atoms with van der Waals surface area (Å²) < 4.78 is 0. The number of nitrogens with two attached hydrogens (primary N) is 4. The van der Waals surface area contributed by atoms with Crippen molar-refractivity contribution in [1.82, 2.24) is 53.2 Å². The van der Waals surface area contributed by atoms with Crippen LogP contribution in [0.3, 0.4) is 0 Å². The van der Waals surface area contributed by atoms with Crippen LogP contribution >= 0.6 is 0 Å². The van der Waals surface area contributed by atoms with Crippen LogP contribution in [-0.4, -0.2) is 195 Å². The van der Waals surface area contributed by atoms with Crippen molar-refractivity contribution in [3.8, 4) is 0 Å². The van der Waals surface area contributed by atoms with Gasteiger partial charge in [-0.25, -0.2) is 4.79 Å². The van der Waals surface area contributed by atoms with Crippen LogP contribution in [-0.2, 0) is 57.5 Å². The van der Waals surface area contributed by atoms with E-state index >= 15 is 0 Å². The lowest BCUT2D eigenvalue weighted by atomic mass is 9.80. The van der Waals surface area contributed by atoms with Crippen LogP contribution in [0.15, 0.2) is 34.3 Å². The largest absolute Gasteiger partial charge is 0.488 e. The Morgan fingerprint density at radius 2 is 0.681 bits per heavy atom. The van der Waals surface area contributed by atoms with E-state index in [1.54, 1.807) is 41.5 Å². The lowest BCUT2D eigenvalue weighted by molar-refractivity contribution is -0.143. The van der Waals surface area contributed by atoms with Crippen molar-refractivity contribution in [2.75, 3.05) is 13.1 Å². The van der Waals surface area contributed by atoms with Crippen molar-refractivity contribution < 1.29 is 87.7 Å². The number of carboxylic acid groups (broad SMARTS) is 3. The van der Waals surface area contributed by atoms with Gasteiger partial charge in [-0.3, -0.25) is 67.5 Å². The van der Waals surface area contributed by atoms with Gasteiger partial charge >= 0.3 is 25.0 Å². The molecule has 0 aliphatic carbocycles. The smallest absolute Gasteiger partial charge is 0.481 e. The summed E-state index contributed by atoms with van der Waals surface area (Å²) in [4.78, 5) is 180. The van der Waals surface area contributed by atoms with Crippen molar-refractivity contribution in [2.24, 2.45) is 50.7 Å². The van der Waals surface area contributed by atoms with Gasteiger partial charge in [-0.2, -0.15) is 0 Å². The molecule has 0 bridgehead atoms. The van der Waals surface area contributed by atoms with E-state index in [1.165, 1.54) is 45.0 Å². The van der Waals surface area contributed by atoms with Gasteiger partial charge in [-0.05, 0) is 114 Å². The number of carbonyl (C=O) groups is 13. The van der Waals surface area contributed by atoms with Gasteiger partial charge in [0.1, 0.15) is 60.4 Å². The van der Waals surface area contributed by atoms with Crippen LogP contribution in [0, 0.1) is 17.8 Å². The number of guanidine groups is 2. The van der Waals surface area contributed by atoms with Gasteiger partial charge in [0.15, 0.2) is 11.9 Å². The second kappa shape index (κ2) is 40.5. The van der Waals surface area contributed by atoms with Crippen molar-refractivity contribution >= 4 is 101 Å². The number of amides is 10. The Hall–Kier alpha value is -9.15. The molecule has 0 aliphatic rings. The first-order valence-corrected chi connectivity index (χ1v) is 29.7. The molecule has 1 aromatic carbocycles. The Labute approximate surface area is 527 Å². The molecule has 0 saturated heterocycles. The fraction of sp³-hybridized carbons (Fsp3) is 0.625. The third-order valence-electron chi connectivity index (χ3n) is 13.4. The Morgan fingerprint density at radius 3 is 1.01 bits per heavy atom. The van der Waals surface area contributed by atoms with E-state index in [0.29, 0.717) is 0 Å². The summed E-state index contributed by atoms with van der Waals surface area (Å²) in [6.07, 6.45) is -2.44. The molecule has 23 N–H and O–H groups in total. The molecular formula is C56H93BN16O18. The molecule has 0 aliphatic heterocycles. The number of nitrogens with zero attached hydrogens (tertiary/aromatic N) is 2. The summed E-state index contributed by atoms with van der Waals surface area (Å²) in [5.74, 6) is -14.7. The summed E-state index contributed by atoms with van der Waals surface area (Å²) in [6, 6.07) is -9.37. The van der Waals surface area contributed by atoms with E-state index in [1.807, 2.05) is 0 Å². The highest BCUT2D eigenvalue weighted by Crippen LogP contribution is 2.13. The number of hydrogen-bond donors (Lipinski definition) is 19. The highest BCUT2D eigenvalue weighted by atomic mass is 16.4. The number of carbonyl (C=O) groups excluding carboxylic acids is 10. The van der Waals surface area contributed by atoms with Gasteiger partial charge in [-0.15, -0.1) is 0 Å². The molecular weight excluding hydrogens is 1200 g/mol. The van der Waals surface area contributed by atoms with Gasteiger partial charge < -0.3 is 101 Å². The van der Waals surface area contributed by atoms with Gasteiger partial charge in [0.25, 0.3) is 5.91 Å². The minimum atomic E-state index is -1.81. The fourth-order valence-electron chi connectivity index (χ4n) is 8.61. The highest BCUT2D eigenvalue weighted by molar-refractivity contribution is 6.58. The first kappa shape index (κ1) is 79.9. The lowest BCUT2D eigenvalue weighted by Gasteiger charge is -2.28. The van der Waals surface area contributed by atoms with Crippen LogP contribution < -0.4 is 81.6 Å². The highest BCUT2D eigenvalue weighted by Gasteiger charge is 2.36. The number of carboxylic acids is 3. The molecule has 0 heterocycles. The van der Waals surface area contributed by atoms with Crippen LogP contribution in [0.4, 0.5) is 0 Å². The minimum absolute atomic E-state index is 0.00951. The van der Waals surface area contributed by atoms with E-state index < -0.39 is 170 Å². The Bertz CT molecular complexity index is 2730. The molecule has 1 rings (SSSR count). The number of aliphatic carboxylic acids is 3. The van der Waals surface area contributed by atoms with Crippen LogP contribution in [0.5, 0.6) is 0 Å². The van der Waals surface area contributed by atoms with Gasteiger partial charge in [-0.1, -0.05) is 53.7 Å². The molecule has 0 spiro atoms. The van der Waals surface area contributed by atoms with Crippen molar-refractivity contribution in [3.05, 3.63) is 29.8 Å². The zero-order valence-electron chi connectivity index (χ0n) is 52.8. The molecule has 91 heavy (non-hydrogen) atoms. The maximum absolute atomic E-state index is 14.2. The van der Waals surface area contributed by atoms with Crippen molar-refractivity contribution in [1.29, 1.82) is 0 Å². The van der Waals surface area contributed by atoms with E-state index in [9.17, 15) is 87.7 Å². The predicted molar refractivity (Wildman–Crippen MR) is 331 cm³/mol. The second-order valence-electron chi connectivity index (χ2n) is 23.1. The van der Waals surface area contributed by atoms with Crippen LogP contribution in [0.1, 0.15) is 143 Å². The number of nitrogens with one attached hydrogen (secondary N) is 10. The minimum Gasteiger partial charge on any atom is -0.481 e. The third kappa shape index (κ3) is 32.3. The summed E-state index contributed by atoms with van der Waals surface area (Å²) in [7, 11) is -1.81. The topological polar surface area (TPSA) is 572 Å². The maximum Gasteiger partial charge on any atom is 0.488 e. The molecule has 0 saturated carbocycles. The maximum atomic E-state index is 14.2. The summed E-state index contributed by atoms with van der Waals surface area (Å²) >= 11 is 0. The predicted octanol–water partition coefficient (Wildman–Crippen LogP) is -5.05. The average molecular weight is 1290 g/mol. The molecule has 508 valence electrons. The van der Waals surface area contributed by atoms with Gasteiger partial charge in [0.05, 0.1) is 0 Å². The zero-order valence-corrected chi connectivity index (χ0v) is 52.8. The first-order valence-electron chi connectivity index (χ1n) is 29.7. The van der Waals surface area contributed by atoms with E-state index in [2.05, 4.69) is 63.2 Å². The molecule has 0 fully saturated rings. The molecule has 0 unspecified atom stereocenters. The molecule has 35 heteroatoms. The fourth-order valence-corrected chi connectivity index (χ4v) is 8.61. The zero-order chi connectivity index (χ0) is 69.4. The lowest BCUT2D eigenvalue weighted by Crippen LogP contribution is -2.60. The van der Waals surface area contributed by atoms with Gasteiger partial charge in [0, 0.05) is 31.5 Å². The van der Waals surface area contributed by atoms with Crippen LogP contribution in [0.2, 0.25) is 0 Å². The standard InChI is InChI=1S/C56H93BN16O18/c1-27(2)24-39(52(86)66-32(9)46(80)67-35(12-10-22-62-55(58)59)48(82)65-31(8)45(79)68-36(13-11-23-63-56(60)61)49(83)73-41(54(88)89)26-29(5)6)71-51(85)38(19-21-43(76)77)70-53(87)40(25-28(3)4)72-50(84)37(18-20-42(74)75)69-44(78)30(7)64-47(81)33-14-16-34(17-15-33)57(90)91/h14-17,27-32,35-41,90-91H,10-13,18-26H2,1-9H3,(H,64,81)(H,65,82)(H,66,86)(H,67,80)(H,68,79)(H,69,78)(H,70,87)(H,71,85)(H,72,84)(H,73,83)(H,74,75)(H,76,77)(H,88,89)(H4,58,59,62)(H4,60,61,63)/t30-,31-,32-,35-,36-,37-,38-,39-,40-,41-/m0/s1. The number of aliphatic imine (C=N–C) groups is 2. The molecule has 0 aromatic heterocycles. The SMILES string of the molecule is CC(C)C[C@H](NC(=O)[C@H](CCCN=C(N)N)NC(=O)[C@H](C)NC(=O)[C@H](CCCN=C(N)N)NC(=O)[C@H](C)NC(=O)[C@H](CC(C)C)NC(=O)[C@H](CCC(=O)O)NC(=O)[C@H](CC(C)C)NC(=O)[C@H](CCC(=O)O)NC(=O)[C@H](C)NC(=O)c1ccc(B(O)O)cc1)C(=O)O. The Morgan fingerprint density at radius 1 is 0.396 bits per heavy atom. The van der Waals surface area contributed by atoms with E-state index in [-0.39, 0.29) is 98.7 Å². The normalized spacial score (nSPS) is 14.3. The first-order chi connectivity index (χ1) is 42.4. The summed E-state index contributed by atoms with van der Waals surface area (Å²) in [5.41, 5.74) is 21.9. The number of benzene rings is 1. The number of rotatable bonds is 42. The monoisotopic (exact) mass is 1290 g/mol. The quantitative estimate of drug-likeness (QED) is 0.0126. The van der Waals surface area contributed by atoms with Crippen LogP contribution in [0.25, 0.3) is 0 Å². The van der Waals surface area contributed by atoms with Gasteiger partial charge in [0.2, 0.25) is 53.2 Å². The Balaban J connectivity index is 3.42. The van der Waals surface area contributed by atoms with E-state index in [4.69, 9.17) is 22.9 Å². The molecule has 34 nitrogen and oxygen atoms in total. The van der Waals surface area contributed by atoms with E-state index in [0.717, 1.165) is 0 Å². The summed E-state index contributed by atoms with van der Waals surface area (Å²) in [6.45, 7) is 14.1. The van der Waals surface area contributed by atoms with Crippen molar-refractivity contribution in [2.45, 2.75) is 193 Å². The molecule has 0 radical (unpaired) electrons. The second-order valence-corrected chi connectivity index (χ2v) is 23.1. The molecule has 10 atom stereocenters. The number of hydrogen-bond acceptors (Lipinski definition) is 17.